The third kappa shape index (κ3) is 4.05. The summed E-state index contributed by atoms with van der Waals surface area (Å²) in [4.78, 5) is 18.0. The third-order valence-electron chi connectivity index (χ3n) is 4.62. The van der Waals surface area contributed by atoms with E-state index in [-0.39, 0.29) is 29.8 Å². The lowest BCUT2D eigenvalue weighted by Crippen LogP contribution is -2.52. The maximum absolute atomic E-state index is 13.8. The van der Waals surface area contributed by atoms with E-state index in [1.807, 2.05) is 9.80 Å². The zero-order valence-electron chi connectivity index (χ0n) is 13.5. The van der Waals surface area contributed by atoms with Gasteiger partial charge in [0.15, 0.2) is 9.84 Å². The Morgan fingerprint density at radius 1 is 1.00 bits per heavy atom. The van der Waals surface area contributed by atoms with Crippen LogP contribution in [0.25, 0.3) is 0 Å². The summed E-state index contributed by atoms with van der Waals surface area (Å²) in [7, 11) is -2.93. The fraction of sp³-hybridized carbons (Fsp3) is 0.562. The smallest absolute Gasteiger partial charge is 0.236 e. The first-order chi connectivity index (χ1) is 11.4. The van der Waals surface area contributed by atoms with E-state index in [2.05, 4.69) is 0 Å². The topological polar surface area (TPSA) is 60.9 Å². The standard InChI is InChI=1S/C16H22FN3O3S/c17-14-3-1-2-4-15(14)19-5-7-20(8-6-19)16(21)13-18-9-11-24(22,23)12-10-18/h1-4H,5-13H2. The molecule has 8 heteroatoms. The highest BCUT2D eigenvalue weighted by Gasteiger charge is 2.27. The van der Waals surface area contributed by atoms with Crippen LogP contribution < -0.4 is 4.90 Å². The quantitative estimate of drug-likeness (QED) is 0.776. The fourth-order valence-electron chi connectivity index (χ4n) is 3.10. The number of amides is 1. The highest BCUT2D eigenvalue weighted by Crippen LogP contribution is 2.20. The number of carbonyl (C=O) groups is 1. The number of sulfone groups is 1. The lowest BCUT2D eigenvalue weighted by molar-refractivity contribution is -0.132. The molecule has 2 fully saturated rings. The summed E-state index contributed by atoms with van der Waals surface area (Å²) in [6.07, 6.45) is 0. The largest absolute Gasteiger partial charge is 0.366 e. The zero-order chi connectivity index (χ0) is 17.2. The molecular formula is C16H22FN3O3S. The molecule has 6 nitrogen and oxygen atoms in total. The van der Waals surface area contributed by atoms with Crippen LogP contribution in [-0.2, 0) is 14.6 Å². The molecule has 0 bridgehead atoms. The molecule has 0 aromatic heterocycles. The van der Waals surface area contributed by atoms with Crippen LogP contribution in [0.3, 0.4) is 0 Å². The van der Waals surface area contributed by atoms with Crippen LogP contribution in [-0.4, -0.2) is 81.4 Å². The molecule has 1 aromatic carbocycles. The minimum Gasteiger partial charge on any atom is -0.366 e. The molecule has 2 heterocycles. The first-order valence-corrected chi connectivity index (χ1v) is 9.97. The molecular weight excluding hydrogens is 333 g/mol. The van der Waals surface area contributed by atoms with Gasteiger partial charge in [0.05, 0.1) is 23.7 Å². The van der Waals surface area contributed by atoms with E-state index < -0.39 is 9.84 Å². The number of hydrogen-bond donors (Lipinski definition) is 0. The predicted molar refractivity (Wildman–Crippen MR) is 90.3 cm³/mol. The second-order valence-electron chi connectivity index (χ2n) is 6.25. The van der Waals surface area contributed by atoms with Crippen molar-refractivity contribution in [1.29, 1.82) is 0 Å². The monoisotopic (exact) mass is 355 g/mol. The van der Waals surface area contributed by atoms with Gasteiger partial charge in [-0.1, -0.05) is 12.1 Å². The fourth-order valence-corrected chi connectivity index (χ4v) is 4.38. The molecule has 2 saturated heterocycles. The molecule has 2 aliphatic rings. The van der Waals surface area contributed by atoms with E-state index >= 15 is 0 Å². The van der Waals surface area contributed by atoms with E-state index in [1.165, 1.54) is 6.07 Å². The van der Waals surface area contributed by atoms with Gasteiger partial charge in [-0.2, -0.15) is 0 Å². The van der Waals surface area contributed by atoms with Crippen molar-refractivity contribution in [2.24, 2.45) is 0 Å². The summed E-state index contributed by atoms with van der Waals surface area (Å²) < 4.78 is 36.7. The Kier molecular flexibility index (Phi) is 5.05. The van der Waals surface area contributed by atoms with Crippen LogP contribution >= 0.6 is 0 Å². The summed E-state index contributed by atoms with van der Waals surface area (Å²) >= 11 is 0. The van der Waals surface area contributed by atoms with Gasteiger partial charge < -0.3 is 9.80 Å². The molecule has 0 radical (unpaired) electrons. The molecule has 24 heavy (non-hydrogen) atoms. The lowest BCUT2D eigenvalue weighted by atomic mass is 10.2. The van der Waals surface area contributed by atoms with Gasteiger partial charge in [0.2, 0.25) is 5.91 Å². The first-order valence-electron chi connectivity index (χ1n) is 8.15. The lowest BCUT2D eigenvalue weighted by Gasteiger charge is -2.37. The highest BCUT2D eigenvalue weighted by molar-refractivity contribution is 7.91. The maximum Gasteiger partial charge on any atom is 0.236 e. The molecule has 3 rings (SSSR count). The van der Waals surface area contributed by atoms with Gasteiger partial charge in [-0.25, -0.2) is 12.8 Å². The Morgan fingerprint density at radius 3 is 2.25 bits per heavy atom. The molecule has 0 aliphatic carbocycles. The summed E-state index contributed by atoms with van der Waals surface area (Å²) in [5.41, 5.74) is 0.575. The molecule has 0 atom stereocenters. The Bertz CT molecular complexity index is 688. The predicted octanol–water partition coefficient (Wildman–Crippen LogP) is 0.205. The third-order valence-corrected chi connectivity index (χ3v) is 6.23. The normalized spacial score (nSPS) is 21.7. The molecule has 0 spiro atoms. The molecule has 1 amide bonds. The van der Waals surface area contributed by atoms with Gasteiger partial charge in [0.25, 0.3) is 0 Å². The first kappa shape index (κ1) is 17.2. The van der Waals surface area contributed by atoms with E-state index in [1.54, 1.807) is 23.1 Å². The van der Waals surface area contributed by atoms with Gasteiger partial charge in [-0.05, 0) is 12.1 Å². The number of anilines is 1. The maximum atomic E-state index is 13.8. The van der Waals surface area contributed by atoms with Crippen molar-refractivity contribution in [2.75, 3.05) is 62.2 Å². The average Bonchev–Trinajstić information content (AvgIpc) is 2.57. The SMILES string of the molecule is O=C(CN1CCS(=O)(=O)CC1)N1CCN(c2ccccc2F)CC1. The van der Waals surface area contributed by atoms with Crippen molar-refractivity contribution < 1.29 is 17.6 Å². The summed E-state index contributed by atoms with van der Waals surface area (Å²) in [6.45, 7) is 3.41. The number of benzene rings is 1. The van der Waals surface area contributed by atoms with Gasteiger partial charge in [0, 0.05) is 39.3 Å². The van der Waals surface area contributed by atoms with Crippen LogP contribution in [0, 0.1) is 5.82 Å². The summed E-state index contributed by atoms with van der Waals surface area (Å²) in [5.74, 6) is 0.0251. The number of piperazine rings is 1. The van der Waals surface area contributed by atoms with Crippen molar-refractivity contribution in [3.63, 3.8) is 0 Å². The minimum absolute atomic E-state index is 0.0162. The van der Waals surface area contributed by atoms with Gasteiger partial charge >= 0.3 is 0 Å². The van der Waals surface area contributed by atoms with Gasteiger partial charge in [-0.15, -0.1) is 0 Å². The van der Waals surface area contributed by atoms with Crippen LogP contribution in [0.5, 0.6) is 0 Å². The molecule has 1 aromatic rings. The Hall–Kier alpha value is -1.67. The van der Waals surface area contributed by atoms with E-state index in [0.29, 0.717) is 45.0 Å². The van der Waals surface area contributed by atoms with Gasteiger partial charge in [0.1, 0.15) is 5.82 Å². The van der Waals surface area contributed by atoms with Crippen molar-refractivity contribution >= 4 is 21.4 Å². The number of nitrogens with zero attached hydrogens (tertiary/aromatic N) is 3. The van der Waals surface area contributed by atoms with E-state index in [0.717, 1.165) is 0 Å². The molecule has 0 N–H and O–H groups in total. The zero-order valence-corrected chi connectivity index (χ0v) is 14.3. The van der Waals surface area contributed by atoms with Crippen molar-refractivity contribution in [3.8, 4) is 0 Å². The van der Waals surface area contributed by atoms with Crippen molar-refractivity contribution in [1.82, 2.24) is 9.80 Å². The van der Waals surface area contributed by atoms with Crippen LogP contribution in [0.2, 0.25) is 0 Å². The Balaban J connectivity index is 1.50. The number of halogens is 1. The van der Waals surface area contributed by atoms with E-state index in [9.17, 15) is 17.6 Å². The molecule has 2 aliphatic heterocycles. The number of carbonyl (C=O) groups excluding carboxylic acids is 1. The van der Waals surface area contributed by atoms with Crippen LogP contribution in [0.15, 0.2) is 24.3 Å². The summed E-state index contributed by atoms with van der Waals surface area (Å²) in [5, 5.41) is 0. The molecule has 0 unspecified atom stereocenters. The van der Waals surface area contributed by atoms with Crippen LogP contribution in [0.4, 0.5) is 10.1 Å². The second-order valence-corrected chi connectivity index (χ2v) is 8.55. The van der Waals surface area contributed by atoms with Crippen LogP contribution in [0.1, 0.15) is 0 Å². The average molecular weight is 355 g/mol. The molecule has 132 valence electrons. The number of para-hydroxylation sites is 1. The highest BCUT2D eigenvalue weighted by atomic mass is 32.2. The number of hydrogen-bond acceptors (Lipinski definition) is 5. The number of rotatable bonds is 3. The Labute approximate surface area is 141 Å². The van der Waals surface area contributed by atoms with E-state index in [4.69, 9.17) is 0 Å². The summed E-state index contributed by atoms with van der Waals surface area (Å²) in [6, 6.07) is 6.66. The Morgan fingerprint density at radius 2 is 1.62 bits per heavy atom. The van der Waals surface area contributed by atoms with Crippen molar-refractivity contribution in [3.05, 3.63) is 30.1 Å². The second kappa shape index (κ2) is 7.06. The van der Waals surface area contributed by atoms with Crippen molar-refractivity contribution in [2.45, 2.75) is 0 Å². The van der Waals surface area contributed by atoms with Gasteiger partial charge in [-0.3, -0.25) is 9.69 Å². The molecule has 0 saturated carbocycles. The minimum atomic E-state index is -2.93.